The normalized spacial score (nSPS) is 12.3. The van der Waals surface area contributed by atoms with Crippen LogP contribution >= 0.6 is 0 Å². The third-order valence-electron chi connectivity index (χ3n) is 3.12. The molecule has 0 bridgehead atoms. The standard InChI is InChI=1S/C12H18N6O2/c1-4-17(5-2)11(19)8(3)14-9-6-10-15-16-12(20)18(10)7-13-9/h6-8,14H,4-5H2,1-3H3,(H,16,20). The Labute approximate surface area is 115 Å². The van der Waals surface area contributed by atoms with Gasteiger partial charge in [-0.3, -0.25) is 4.79 Å². The van der Waals surface area contributed by atoms with Crippen molar-refractivity contribution in [1.29, 1.82) is 0 Å². The van der Waals surface area contributed by atoms with Gasteiger partial charge in [0.25, 0.3) is 0 Å². The number of nitrogens with one attached hydrogen (secondary N) is 2. The van der Waals surface area contributed by atoms with Gasteiger partial charge in [-0.2, -0.15) is 5.10 Å². The largest absolute Gasteiger partial charge is 0.358 e. The Morgan fingerprint density at radius 1 is 1.50 bits per heavy atom. The Bertz CT molecular complexity index is 657. The van der Waals surface area contributed by atoms with E-state index in [-0.39, 0.29) is 11.6 Å². The molecule has 2 aromatic heterocycles. The molecule has 0 aromatic carbocycles. The molecule has 108 valence electrons. The molecule has 1 amide bonds. The van der Waals surface area contributed by atoms with Crippen molar-refractivity contribution in [2.45, 2.75) is 26.8 Å². The summed E-state index contributed by atoms with van der Waals surface area (Å²) in [5, 5.41) is 9.20. The summed E-state index contributed by atoms with van der Waals surface area (Å²) in [6.45, 7) is 7.00. The lowest BCUT2D eigenvalue weighted by Crippen LogP contribution is -2.41. The second-order valence-electron chi connectivity index (χ2n) is 4.41. The van der Waals surface area contributed by atoms with Gasteiger partial charge >= 0.3 is 5.69 Å². The smallest absolute Gasteiger partial charge is 0.348 e. The Morgan fingerprint density at radius 2 is 2.20 bits per heavy atom. The predicted octanol–water partition coefficient (Wildman–Crippen LogP) is 0.0864. The fourth-order valence-electron chi connectivity index (χ4n) is 1.98. The second kappa shape index (κ2) is 5.72. The van der Waals surface area contributed by atoms with Gasteiger partial charge in [0.2, 0.25) is 5.91 Å². The number of H-pyrrole nitrogens is 1. The van der Waals surface area contributed by atoms with E-state index in [0.717, 1.165) is 0 Å². The summed E-state index contributed by atoms with van der Waals surface area (Å²) in [6.07, 6.45) is 1.37. The summed E-state index contributed by atoms with van der Waals surface area (Å²) >= 11 is 0. The van der Waals surface area contributed by atoms with Gasteiger partial charge in [0.15, 0.2) is 5.65 Å². The Morgan fingerprint density at radius 3 is 2.85 bits per heavy atom. The predicted molar refractivity (Wildman–Crippen MR) is 74.6 cm³/mol. The minimum absolute atomic E-state index is 0.0103. The molecular formula is C12H18N6O2. The number of carbonyl (C=O) groups is 1. The summed E-state index contributed by atoms with van der Waals surface area (Å²) in [5.41, 5.74) is 0.112. The minimum Gasteiger partial charge on any atom is -0.358 e. The van der Waals surface area contributed by atoms with E-state index in [2.05, 4.69) is 20.5 Å². The van der Waals surface area contributed by atoms with Crippen molar-refractivity contribution in [3.8, 4) is 0 Å². The average Bonchev–Trinajstić information content (AvgIpc) is 2.81. The fourth-order valence-corrected chi connectivity index (χ4v) is 1.98. The quantitative estimate of drug-likeness (QED) is 0.808. The highest BCUT2D eigenvalue weighted by molar-refractivity contribution is 5.84. The third-order valence-corrected chi connectivity index (χ3v) is 3.12. The van der Waals surface area contributed by atoms with Crippen LogP contribution in [0.5, 0.6) is 0 Å². The number of nitrogens with zero attached hydrogens (tertiary/aromatic N) is 4. The number of aromatic nitrogens is 4. The van der Waals surface area contributed by atoms with Crippen molar-refractivity contribution in [2.75, 3.05) is 18.4 Å². The minimum atomic E-state index is -0.393. The van der Waals surface area contributed by atoms with Crippen LogP contribution < -0.4 is 11.0 Å². The van der Waals surface area contributed by atoms with Gasteiger partial charge in [0.1, 0.15) is 18.2 Å². The first kappa shape index (κ1) is 14.0. The molecule has 2 heterocycles. The maximum Gasteiger partial charge on any atom is 0.348 e. The number of likely N-dealkylation sites (N-methyl/N-ethyl adjacent to an activating group) is 1. The number of carbonyl (C=O) groups excluding carboxylic acids is 1. The molecule has 2 rings (SSSR count). The number of anilines is 1. The maximum atomic E-state index is 12.1. The lowest BCUT2D eigenvalue weighted by atomic mass is 10.2. The summed E-state index contributed by atoms with van der Waals surface area (Å²) in [7, 11) is 0. The molecule has 2 N–H and O–H groups in total. The SMILES string of the molecule is CCN(CC)C(=O)C(C)Nc1cc2n[nH]c(=O)n2cn1. The van der Waals surface area contributed by atoms with E-state index in [0.29, 0.717) is 24.6 Å². The molecule has 0 radical (unpaired) electrons. The summed E-state index contributed by atoms with van der Waals surface area (Å²) in [6, 6.07) is 1.22. The third kappa shape index (κ3) is 2.63. The van der Waals surface area contributed by atoms with E-state index in [1.165, 1.54) is 10.7 Å². The van der Waals surface area contributed by atoms with E-state index in [1.807, 2.05) is 13.8 Å². The Kier molecular flexibility index (Phi) is 4.02. The molecule has 20 heavy (non-hydrogen) atoms. The van der Waals surface area contributed by atoms with E-state index < -0.39 is 6.04 Å². The molecular weight excluding hydrogens is 260 g/mol. The zero-order valence-corrected chi connectivity index (χ0v) is 11.8. The molecule has 2 aromatic rings. The molecule has 0 spiro atoms. The number of hydrogen-bond acceptors (Lipinski definition) is 5. The Balaban J connectivity index is 2.15. The Hall–Kier alpha value is -2.38. The summed E-state index contributed by atoms with van der Waals surface area (Å²) < 4.78 is 1.29. The molecule has 1 atom stereocenters. The highest BCUT2D eigenvalue weighted by Crippen LogP contribution is 2.07. The number of fused-ring (bicyclic) bond motifs is 1. The lowest BCUT2D eigenvalue weighted by molar-refractivity contribution is -0.131. The number of amides is 1. The van der Waals surface area contributed by atoms with Gasteiger partial charge < -0.3 is 10.2 Å². The van der Waals surface area contributed by atoms with Crippen molar-refractivity contribution in [2.24, 2.45) is 0 Å². The molecule has 8 heteroatoms. The van der Waals surface area contributed by atoms with Gasteiger partial charge in [-0.05, 0) is 20.8 Å². The highest BCUT2D eigenvalue weighted by atomic mass is 16.2. The monoisotopic (exact) mass is 278 g/mol. The van der Waals surface area contributed by atoms with Crippen molar-refractivity contribution < 1.29 is 4.79 Å². The van der Waals surface area contributed by atoms with Crippen molar-refractivity contribution in [3.05, 3.63) is 22.9 Å². The molecule has 0 fully saturated rings. The molecule has 0 aliphatic heterocycles. The first-order valence-corrected chi connectivity index (χ1v) is 6.55. The fraction of sp³-hybridized carbons (Fsp3) is 0.500. The number of rotatable bonds is 5. The number of hydrogen-bond donors (Lipinski definition) is 2. The van der Waals surface area contributed by atoms with E-state index in [4.69, 9.17) is 0 Å². The van der Waals surface area contributed by atoms with E-state index >= 15 is 0 Å². The van der Waals surface area contributed by atoms with Crippen LogP contribution in [0.2, 0.25) is 0 Å². The van der Waals surface area contributed by atoms with Crippen molar-refractivity contribution >= 4 is 17.4 Å². The molecule has 8 nitrogen and oxygen atoms in total. The van der Waals surface area contributed by atoms with Crippen LogP contribution in [0.3, 0.4) is 0 Å². The first-order chi connectivity index (χ1) is 9.56. The topological polar surface area (TPSA) is 95.4 Å². The van der Waals surface area contributed by atoms with Crippen LogP contribution in [0, 0.1) is 0 Å². The zero-order valence-electron chi connectivity index (χ0n) is 11.8. The lowest BCUT2D eigenvalue weighted by Gasteiger charge is -2.23. The molecule has 1 unspecified atom stereocenters. The van der Waals surface area contributed by atoms with Crippen molar-refractivity contribution in [3.63, 3.8) is 0 Å². The highest BCUT2D eigenvalue weighted by Gasteiger charge is 2.18. The number of aromatic amines is 1. The molecule has 0 aliphatic carbocycles. The summed E-state index contributed by atoms with van der Waals surface area (Å²) in [5.74, 6) is 0.514. The van der Waals surface area contributed by atoms with Gasteiger partial charge in [-0.15, -0.1) is 0 Å². The van der Waals surface area contributed by atoms with Crippen LogP contribution in [-0.4, -0.2) is 49.5 Å². The van der Waals surface area contributed by atoms with Crippen LogP contribution in [0.1, 0.15) is 20.8 Å². The van der Waals surface area contributed by atoms with Gasteiger partial charge in [0, 0.05) is 19.2 Å². The van der Waals surface area contributed by atoms with Gasteiger partial charge in [-0.1, -0.05) is 0 Å². The van der Waals surface area contributed by atoms with Crippen LogP contribution in [0.25, 0.3) is 5.65 Å². The first-order valence-electron chi connectivity index (χ1n) is 6.55. The maximum absolute atomic E-state index is 12.1. The second-order valence-corrected chi connectivity index (χ2v) is 4.41. The van der Waals surface area contributed by atoms with Gasteiger partial charge in [-0.25, -0.2) is 19.3 Å². The van der Waals surface area contributed by atoms with Gasteiger partial charge in [0.05, 0.1) is 0 Å². The zero-order chi connectivity index (χ0) is 14.7. The van der Waals surface area contributed by atoms with Crippen LogP contribution in [0.4, 0.5) is 5.82 Å². The average molecular weight is 278 g/mol. The molecule has 0 saturated carbocycles. The van der Waals surface area contributed by atoms with Crippen LogP contribution in [0.15, 0.2) is 17.2 Å². The van der Waals surface area contributed by atoms with Crippen LogP contribution in [-0.2, 0) is 4.79 Å². The molecule has 0 aliphatic rings. The van der Waals surface area contributed by atoms with Crippen molar-refractivity contribution in [1.82, 2.24) is 24.5 Å². The molecule has 0 saturated heterocycles. The van der Waals surface area contributed by atoms with E-state index in [1.54, 1.807) is 17.9 Å². The summed E-state index contributed by atoms with van der Waals surface area (Å²) in [4.78, 5) is 29.3. The van der Waals surface area contributed by atoms with E-state index in [9.17, 15) is 9.59 Å².